The molecule has 114 valence electrons. The molecule has 1 aliphatic rings. The van der Waals surface area contributed by atoms with Crippen LogP contribution >= 0.6 is 0 Å². The first kappa shape index (κ1) is 16.8. The molecule has 6 nitrogen and oxygen atoms in total. The number of rotatable bonds is 9. The van der Waals surface area contributed by atoms with E-state index in [1.54, 1.807) is 0 Å². The molecule has 2 N–H and O–H groups in total. The number of hydrogen-bond acceptors (Lipinski definition) is 4. The second-order valence-corrected chi connectivity index (χ2v) is 4.83. The van der Waals surface area contributed by atoms with Gasteiger partial charge in [0, 0.05) is 19.0 Å². The van der Waals surface area contributed by atoms with Gasteiger partial charge in [-0.2, -0.15) is 0 Å². The van der Waals surface area contributed by atoms with Gasteiger partial charge in [0.15, 0.2) is 11.6 Å². The van der Waals surface area contributed by atoms with Gasteiger partial charge in [-0.25, -0.2) is 0 Å². The second-order valence-electron chi connectivity index (χ2n) is 4.83. The number of allylic oxidation sites excluding steroid dienone is 3. The standard InChI is InChI=1S/C15H19NO5/c17-11-7-8-13(18)12(10-11)15(21)16-9-5-3-1-2-4-6-14(19)20/h7-8,10H,1-6,9H2,(H,16,21)(H,19,20). The molecule has 0 aromatic heterocycles. The number of carboxylic acids is 1. The van der Waals surface area contributed by atoms with Crippen molar-refractivity contribution in [1.29, 1.82) is 0 Å². The smallest absolute Gasteiger partial charge is 0.303 e. The number of aliphatic carboxylic acids is 1. The minimum absolute atomic E-state index is 0.121. The van der Waals surface area contributed by atoms with Crippen molar-refractivity contribution in [3.63, 3.8) is 0 Å². The average molecular weight is 293 g/mol. The van der Waals surface area contributed by atoms with E-state index in [4.69, 9.17) is 5.11 Å². The summed E-state index contributed by atoms with van der Waals surface area (Å²) >= 11 is 0. The number of carbonyl (C=O) groups is 4. The van der Waals surface area contributed by atoms with Gasteiger partial charge in [0.25, 0.3) is 5.91 Å². The van der Waals surface area contributed by atoms with Crippen LogP contribution in [0.1, 0.15) is 38.5 Å². The molecule has 0 saturated carbocycles. The van der Waals surface area contributed by atoms with Crippen molar-refractivity contribution in [3.8, 4) is 0 Å². The first-order valence-electron chi connectivity index (χ1n) is 6.99. The van der Waals surface area contributed by atoms with E-state index in [2.05, 4.69) is 5.32 Å². The Labute approximate surface area is 122 Å². The number of carboxylic acid groups (broad SMARTS) is 1. The molecular weight excluding hydrogens is 274 g/mol. The molecule has 0 radical (unpaired) electrons. The Hall–Kier alpha value is -2.24. The van der Waals surface area contributed by atoms with Crippen molar-refractivity contribution in [1.82, 2.24) is 5.32 Å². The summed E-state index contributed by atoms with van der Waals surface area (Å²) in [4.78, 5) is 44.6. The van der Waals surface area contributed by atoms with Gasteiger partial charge in [-0.15, -0.1) is 0 Å². The highest BCUT2D eigenvalue weighted by molar-refractivity contribution is 6.30. The average Bonchev–Trinajstić information content (AvgIpc) is 2.43. The fraction of sp³-hybridized carbons (Fsp3) is 0.467. The van der Waals surface area contributed by atoms with Crippen LogP contribution in [0.2, 0.25) is 0 Å². The van der Waals surface area contributed by atoms with Gasteiger partial charge in [-0.1, -0.05) is 19.3 Å². The zero-order chi connectivity index (χ0) is 15.7. The molecule has 0 aliphatic heterocycles. The zero-order valence-corrected chi connectivity index (χ0v) is 11.8. The van der Waals surface area contributed by atoms with Gasteiger partial charge < -0.3 is 10.4 Å². The number of unbranched alkanes of at least 4 members (excludes halogenated alkanes) is 4. The molecule has 1 amide bonds. The maximum atomic E-state index is 11.7. The lowest BCUT2D eigenvalue weighted by Crippen LogP contribution is -2.30. The number of amides is 1. The molecule has 0 heterocycles. The molecule has 6 heteroatoms. The Balaban J connectivity index is 2.13. The van der Waals surface area contributed by atoms with Crippen molar-refractivity contribution in [3.05, 3.63) is 23.8 Å². The summed E-state index contributed by atoms with van der Waals surface area (Å²) in [6.07, 6.45) is 7.52. The van der Waals surface area contributed by atoms with E-state index in [0.717, 1.165) is 43.9 Å². The maximum Gasteiger partial charge on any atom is 0.303 e. The third kappa shape index (κ3) is 6.65. The van der Waals surface area contributed by atoms with Crippen LogP contribution in [0.5, 0.6) is 0 Å². The Morgan fingerprint density at radius 1 is 1.00 bits per heavy atom. The van der Waals surface area contributed by atoms with Gasteiger partial charge in [0.2, 0.25) is 0 Å². The number of carbonyl (C=O) groups excluding carboxylic acids is 3. The molecule has 1 aliphatic carbocycles. The number of hydrogen-bond donors (Lipinski definition) is 2. The lowest BCUT2D eigenvalue weighted by molar-refractivity contribution is -0.137. The third-order valence-corrected chi connectivity index (χ3v) is 3.05. The minimum Gasteiger partial charge on any atom is -0.481 e. The summed E-state index contributed by atoms with van der Waals surface area (Å²) in [5.41, 5.74) is -0.121. The first-order valence-corrected chi connectivity index (χ1v) is 6.99. The first-order chi connectivity index (χ1) is 10.0. The second kappa shape index (κ2) is 8.84. The van der Waals surface area contributed by atoms with Crippen molar-refractivity contribution >= 4 is 23.4 Å². The van der Waals surface area contributed by atoms with Crippen LogP contribution in [0.15, 0.2) is 23.8 Å². The molecule has 0 aromatic rings. The zero-order valence-electron chi connectivity index (χ0n) is 11.8. The van der Waals surface area contributed by atoms with E-state index >= 15 is 0 Å². The van der Waals surface area contributed by atoms with Crippen molar-refractivity contribution in [2.45, 2.75) is 38.5 Å². The summed E-state index contributed by atoms with van der Waals surface area (Å²) < 4.78 is 0. The van der Waals surface area contributed by atoms with Crippen molar-refractivity contribution in [2.24, 2.45) is 0 Å². The Morgan fingerprint density at radius 3 is 2.38 bits per heavy atom. The lowest BCUT2D eigenvalue weighted by atomic mass is 10.0. The third-order valence-electron chi connectivity index (χ3n) is 3.05. The normalized spacial score (nSPS) is 14.0. The van der Waals surface area contributed by atoms with Gasteiger partial charge in [-0.3, -0.25) is 19.2 Å². The molecule has 0 bridgehead atoms. The largest absolute Gasteiger partial charge is 0.481 e. The van der Waals surface area contributed by atoms with E-state index in [9.17, 15) is 19.2 Å². The van der Waals surface area contributed by atoms with E-state index < -0.39 is 17.7 Å². The van der Waals surface area contributed by atoms with Gasteiger partial charge >= 0.3 is 5.97 Å². The highest BCUT2D eigenvalue weighted by Gasteiger charge is 2.19. The van der Waals surface area contributed by atoms with Gasteiger partial charge in [0.1, 0.15) is 0 Å². The molecular formula is C15H19NO5. The molecule has 0 unspecified atom stereocenters. The van der Waals surface area contributed by atoms with E-state index in [1.165, 1.54) is 0 Å². The molecule has 0 aromatic carbocycles. The SMILES string of the molecule is O=C1C=CC(=O)C(C(=O)NCCCCCCCC(=O)O)=C1. The van der Waals surface area contributed by atoms with Crippen LogP contribution < -0.4 is 5.32 Å². The van der Waals surface area contributed by atoms with Crippen LogP contribution in [0.4, 0.5) is 0 Å². The lowest BCUT2D eigenvalue weighted by Gasteiger charge is -2.08. The summed E-state index contributed by atoms with van der Waals surface area (Å²) in [5.74, 6) is -2.13. The summed E-state index contributed by atoms with van der Waals surface area (Å²) in [5, 5.41) is 11.1. The molecule has 1 rings (SSSR count). The molecule has 0 fully saturated rings. The minimum atomic E-state index is -0.781. The van der Waals surface area contributed by atoms with Crippen LogP contribution in [0, 0.1) is 0 Å². The van der Waals surface area contributed by atoms with Crippen LogP contribution in [-0.2, 0) is 19.2 Å². The van der Waals surface area contributed by atoms with E-state index in [-0.39, 0.29) is 17.8 Å². The molecule has 21 heavy (non-hydrogen) atoms. The van der Waals surface area contributed by atoms with E-state index in [1.807, 2.05) is 0 Å². The highest BCUT2D eigenvalue weighted by Crippen LogP contribution is 2.07. The van der Waals surface area contributed by atoms with Crippen LogP contribution in [0.3, 0.4) is 0 Å². The van der Waals surface area contributed by atoms with Crippen LogP contribution in [0.25, 0.3) is 0 Å². The summed E-state index contributed by atoms with van der Waals surface area (Å²) in [6.45, 7) is 0.431. The van der Waals surface area contributed by atoms with Crippen molar-refractivity contribution in [2.75, 3.05) is 6.54 Å². The van der Waals surface area contributed by atoms with Crippen molar-refractivity contribution < 1.29 is 24.3 Å². The number of nitrogens with one attached hydrogen (secondary N) is 1. The topological polar surface area (TPSA) is 101 Å². The molecule has 0 spiro atoms. The fourth-order valence-electron chi connectivity index (χ4n) is 1.92. The van der Waals surface area contributed by atoms with Gasteiger partial charge in [-0.05, 0) is 25.0 Å². The number of ketones is 2. The maximum absolute atomic E-state index is 11.7. The molecule has 0 atom stereocenters. The quantitative estimate of drug-likeness (QED) is 0.377. The van der Waals surface area contributed by atoms with E-state index in [0.29, 0.717) is 13.0 Å². The summed E-state index contributed by atoms with van der Waals surface area (Å²) in [7, 11) is 0. The molecule has 0 saturated heterocycles. The Bertz CT molecular complexity index is 490. The fourth-order valence-corrected chi connectivity index (χ4v) is 1.92. The predicted octanol–water partition coefficient (Wildman–Crippen LogP) is 1.16. The van der Waals surface area contributed by atoms with Crippen LogP contribution in [-0.4, -0.2) is 35.1 Å². The Morgan fingerprint density at radius 2 is 1.67 bits per heavy atom. The highest BCUT2D eigenvalue weighted by atomic mass is 16.4. The monoisotopic (exact) mass is 293 g/mol. The predicted molar refractivity (Wildman–Crippen MR) is 75.6 cm³/mol. The summed E-state index contributed by atoms with van der Waals surface area (Å²) in [6, 6.07) is 0. The Kier molecular flexibility index (Phi) is 7.08. The van der Waals surface area contributed by atoms with Gasteiger partial charge in [0.05, 0.1) is 5.57 Å².